The van der Waals surface area contributed by atoms with Crippen molar-refractivity contribution in [3.63, 3.8) is 0 Å². The van der Waals surface area contributed by atoms with Crippen LogP contribution in [0.4, 0.5) is 0 Å². The van der Waals surface area contributed by atoms with E-state index >= 15 is 0 Å². The van der Waals surface area contributed by atoms with Gasteiger partial charge in [-0.3, -0.25) is 0 Å². The Hall–Kier alpha value is -1.79. The maximum Gasteiger partial charge on any atom is 0.192 e. The van der Waals surface area contributed by atoms with Crippen molar-refractivity contribution in [1.29, 1.82) is 0 Å². The molecule has 0 unspecified atom stereocenters. The fourth-order valence-electron chi connectivity index (χ4n) is 1.26. The van der Waals surface area contributed by atoms with E-state index < -0.39 is 0 Å². The average Bonchev–Trinajstić information content (AvgIpc) is 2.54. The number of aliphatic hydroxyl groups excluding tert-OH is 1. The molecule has 0 aliphatic heterocycles. The van der Waals surface area contributed by atoms with Crippen LogP contribution < -0.4 is 0 Å². The highest BCUT2D eigenvalue weighted by atomic mass is 16.3. The zero-order valence-corrected chi connectivity index (χ0v) is 7.74. The van der Waals surface area contributed by atoms with Crippen molar-refractivity contribution in [1.82, 2.24) is 4.98 Å². The molecule has 0 atom stereocenters. The minimum Gasteiger partial charge on any atom is -0.441 e. The van der Waals surface area contributed by atoms with Gasteiger partial charge in [0.2, 0.25) is 0 Å². The average molecular weight is 187 g/mol. The van der Waals surface area contributed by atoms with E-state index in [0.29, 0.717) is 5.89 Å². The van der Waals surface area contributed by atoms with Gasteiger partial charge in [0, 0.05) is 12.5 Å². The number of aliphatic hydroxyl groups is 1. The van der Waals surface area contributed by atoms with Gasteiger partial charge in [0.15, 0.2) is 11.5 Å². The molecule has 0 saturated heterocycles. The van der Waals surface area contributed by atoms with E-state index in [1.807, 2.05) is 18.2 Å². The van der Waals surface area contributed by atoms with E-state index in [1.165, 1.54) is 0 Å². The summed E-state index contributed by atoms with van der Waals surface area (Å²) in [4.78, 5) is 4.18. The van der Waals surface area contributed by atoms with Gasteiger partial charge in [-0.1, -0.05) is 11.8 Å². The summed E-state index contributed by atoms with van der Waals surface area (Å²) in [6.45, 7) is 1.68. The van der Waals surface area contributed by atoms with Crippen molar-refractivity contribution in [2.45, 2.75) is 6.92 Å². The van der Waals surface area contributed by atoms with Crippen LogP contribution in [0.3, 0.4) is 0 Å². The van der Waals surface area contributed by atoms with Crippen molar-refractivity contribution in [3.8, 4) is 11.8 Å². The first-order chi connectivity index (χ1) is 6.79. The summed E-state index contributed by atoms with van der Waals surface area (Å²) in [6, 6.07) is 5.51. The molecular weight excluding hydrogens is 178 g/mol. The van der Waals surface area contributed by atoms with Gasteiger partial charge >= 0.3 is 0 Å². The highest BCUT2D eigenvalue weighted by Gasteiger charge is 2.01. The van der Waals surface area contributed by atoms with Crippen molar-refractivity contribution in [3.05, 3.63) is 29.7 Å². The van der Waals surface area contributed by atoms with Crippen LogP contribution in [-0.2, 0) is 0 Å². The van der Waals surface area contributed by atoms with Crippen LogP contribution in [0.5, 0.6) is 0 Å². The van der Waals surface area contributed by atoms with Crippen molar-refractivity contribution in [2.24, 2.45) is 0 Å². The number of nitrogens with zero attached hydrogens (tertiary/aromatic N) is 1. The van der Waals surface area contributed by atoms with Gasteiger partial charge in [0.25, 0.3) is 0 Å². The number of rotatable bonds is 0. The second-order valence-corrected chi connectivity index (χ2v) is 2.88. The molecule has 0 saturated carbocycles. The summed E-state index contributed by atoms with van der Waals surface area (Å²) in [5.41, 5.74) is 2.39. The number of hydrogen-bond acceptors (Lipinski definition) is 3. The maximum absolute atomic E-state index is 8.54. The lowest BCUT2D eigenvalue weighted by Crippen LogP contribution is -1.77. The molecule has 70 valence electrons. The summed E-state index contributed by atoms with van der Waals surface area (Å²) >= 11 is 0. The molecule has 3 heteroatoms. The second kappa shape index (κ2) is 3.52. The molecule has 3 nitrogen and oxygen atoms in total. The minimum absolute atomic E-state index is 0.129. The quantitative estimate of drug-likeness (QED) is 0.635. The molecule has 1 heterocycles. The van der Waals surface area contributed by atoms with Gasteiger partial charge in [0.1, 0.15) is 12.1 Å². The Labute approximate surface area is 81.4 Å². The number of aryl methyl sites for hydroxylation is 1. The summed E-state index contributed by atoms with van der Waals surface area (Å²) in [7, 11) is 0. The fourth-order valence-corrected chi connectivity index (χ4v) is 1.26. The lowest BCUT2D eigenvalue weighted by Gasteiger charge is -1.88. The Morgan fingerprint density at radius 1 is 1.50 bits per heavy atom. The van der Waals surface area contributed by atoms with Crippen LogP contribution in [0.1, 0.15) is 11.5 Å². The van der Waals surface area contributed by atoms with Gasteiger partial charge in [-0.2, -0.15) is 0 Å². The van der Waals surface area contributed by atoms with E-state index in [-0.39, 0.29) is 6.61 Å². The molecule has 0 aliphatic carbocycles. The number of benzene rings is 1. The van der Waals surface area contributed by atoms with Crippen molar-refractivity contribution >= 4 is 11.1 Å². The molecule has 0 amide bonds. The highest BCUT2D eigenvalue weighted by molar-refractivity contribution is 5.74. The van der Waals surface area contributed by atoms with E-state index in [0.717, 1.165) is 16.7 Å². The summed E-state index contributed by atoms with van der Waals surface area (Å²) < 4.78 is 5.32. The van der Waals surface area contributed by atoms with Gasteiger partial charge in [0.05, 0.1) is 0 Å². The Morgan fingerprint density at radius 3 is 3.14 bits per heavy atom. The van der Waals surface area contributed by atoms with Crippen LogP contribution in [0.25, 0.3) is 11.1 Å². The number of aromatic nitrogens is 1. The molecule has 0 radical (unpaired) electrons. The molecular formula is C11H9NO2. The monoisotopic (exact) mass is 187 g/mol. The number of oxazole rings is 1. The zero-order chi connectivity index (χ0) is 9.97. The molecule has 2 rings (SSSR count). The second-order valence-electron chi connectivity index (χ2n) is 2.88. The molecule has 0 fully saturated rings. The minimum atomic E-state index is -0.129. The Bertz CT molecular complexity index is 517. The van der Waals surface area contributed by atoms with Crippen molar-refractivity contribution < 1.29 is 9.52 Å². The normalized spacial score (nSPS) is 9.86. The van der Waals surface area contributed by atoms with Crippen LogP contribution in [0.2, 0.25) is 0 Å². The lowest BCUT2D eigenvalue weighted by molar-refractivity contribution is 0.350. The van der Waals surface area contributed by atoms with Gasteiger partial charge < -0.3 is 9.52 Å². The van der Waals surface area contributed by atoms with E-state index in [2.05, 4.69) is 16.8 Å². The summed E-state index contributed by atoms with van der Waals surface area (Å²) in [5, 5.41) is 8.54. The summed E-state index contributed by atoms with van der Waals surface area (Å²) in [5.74, 6) is 6.04. The smallest absolute Gasteiger partial charge is 0.192 e. The Kier molecular flexibility index (Phi) is 2.21. The topological polar surface area (TPSA) is 46.3 Å². The standard InChI is InChI=1S/C11H9NO2/c1-8-12-10-7-9(3-2-6-13)4-5-11(10)14-8/h4-5,7,13H,6H2,1H3. The van der Waals surface area contributed by atoms with Crippen LogP contribution in [0.15, 0.2) is 22.6 Å². The third-order valence-corrected chi connectivity index (χ3v) is 1.81. The van der Waals surface area contributed by atoms with Crippen molar-refractivity contribution in [2.75, 3.05) is 6.61 Å². The molecule has 2 aromatic rings. The van der Waals surface area contributed by atoms with Gasteiger partial charge in [-0.25, -0.2) is 4.98 Å². The highest BCUT2D eigenvalue weighted by Crippen LogP contribution is 2.15. The third kappa shape index (κ3) is 1.61. The largest absolute Gasteiger partial charge is 0.441 e. The first kappa shape index (κ1) is 8.79. The van der Waals surface area contributed by atoms with Crippen LogP contribution in [-0.4, -0.2) is 16.7 Å². The Morgan fingerprint density at radius 2 is 2.36 bits per heavy atom. The van der Waals surface area contributed by atoms with E-state index in [9.17, 15) is 0 Å². The predicted molar refractivity (Wildman–Crippen MR) is 52.7 cm³/mol. The molecule has 1 aromatic heterocycles. The van der Waals surface area contributed by atoms with E-state index in [4.69, 9.17) is 9.52 Å². The molecule has 0 spiro atoms. The molecule has 0 bridgehead atoms. The molecule has 14 heavy (non-hydrogen) atoms. The zero-order valence-electron chi connectivity index (χ0n) is 7.74. The number of fused-ring (bicyclic) bond motifs is 1. The summed E-state index contributed by atoms with van der Waals surface area (Å²) in [6.07, 6.45) is 0. The van der Waals surface area contributed by atoms with Gasteiger partial charge in [-0.15, -0.1) is 0 Å². The third-order valence-electron chi connectivity index (χ3n) is 1.81. The molecule has 1 N–H and O–H groups in total. The van der Waals surface area contributed by atoms with Gasteiger partial charge in [-0.05, 0) is 18.2 Å². The SMILES string of the molecule is Cc1nc2cc(C#CCO)ccc2o1. The lowest BCUT2D eigenvalue weighted by atomic mass is 10.2. The number of hydrogen-bond donors (Lipinski definition) is 1. The molecule has 1 aromatic carbocycles. The maximum atomic E-state index is 8.54. The predicted octanol–water partition coefficient (Wildman–Crippen LogP) is 1.48. The first-order valence-corrected chi connectivity index (χ1v) is 4.26. The Balaban J connectivity index is 2.50. The van der Waals surface area contributed by atoms with Crippen LogP contribution in [0, 0.1) is 18.8 Å². The first-order valence-electron chi connectivity index (χ1n) is 4.26. The van der Waals surface area contributed by atoms with Crippen LogP contribution >= 0.6 is 0 Å². The molecule has 0 aliphatic rings. The van der Waals surface area contributed by atoms with E-state index in [1.54, 1.807) is 6.92 Å². The fraction of sp³-hybridized carbons (Fsp3) is 0.182.